The van der Waals surface area contributed by atoms with E-state index < -0.39 is 21.3 Å². The molecule has 0 saturated heterocycles. The van der Waals surface area contributed by atoms with E-state index in [1.54, 1.807) is 0 Å². The second kappa shape index (κ2) is 3.30. The third-order valence-electron chi connectivity index (χ3n) is 3.89. The third kappa shape index (κ3) is 1.07. The van der Waals surface area contributed by atoms with Gasteiger partial charge in [-0.15, -0.1) is 23.2 Å². The first-order valence-corrected chi connectivity index (χ1v) is 6.57. The first-order valence-electron chi connectivity index (χ1n) is 5.06. The molecule has 2 bridgehead atoms. The zero-order valence-electron chi connectivity index (χ0n) is 8.34. The van der Waals surface area contributed by atoms with Crippen molar-refractivity contribution in [2.45, 2.75) is 16.2 Å². The van der Waals surface area contributed by atoms with Gasteiger partial charge in [0.15, 0.2) is 11.6 Å². The van der Waals surface area contributed by atoms with Gasteiger partial charge in [0.05, 0.1) is 0 Å². The standard InChI is InChI=1S/C11H6Cl4O2/c12-6-7(13)9(17)11(15)5-2-1-4(3-5)10(11,14)8(6)16/h1-2,4-5H,3H2/t4-,5-,10-,11-/m1/s1. The average molecular weight is 312 g/mol. The molecule has 0 N–H and O–H groups in total. The summed E-state index contributed by atoms with van der Waals surface area (Å²) in [6.45, 7) is 0. The van der Waals surface area contributed by atoms with E-state index in [9.17, 15) is 9.59 Å². The number of rotatable bonds is 0. The Labute approximate surface area is 118 Å². The summed E-state index contributed by atoms with van der Waals surface area (Å²) in [6.07, 6.45) is 4.23. The molecule has 2 nitrogen and oxygen atoms in total. The van der Waals surface area contributed by atoms with Crippen LogP contribution in [-0.4, -0.2) is 21.3 Å². The molecule has 1 saturated carbocycles. The second-order valence-electron chi connectivity index (χ2n) is 4.54. The van der Waals surface area contributed by atoms with Crippen LogP contribution in [-0.2, 0) is 9.59 Å². The monoisotopic (exact) mass is 310 g/mol. The highest BCUT2D eigenvalue weighted by Gasteiger charge is 2.74. The summed E-state index contributed by atoms with van der Waals surface area (Å²) in [6, 6.07) is 0. The Morgan fingerprint density at radius 2 is 1.29 bits per heavy atom. The molecule has 0 aromatic rings. The van der Waals surface area contributed by atoms with Crippen LogP contribution in [0.2, 0.25) is 0 Å². The maximum Gasteiger partial charge on any atom is 0.199 e. The van der Waals surface area contributed by atoms with Gasteiger partial charge in [0, 0.05) is 11.8 Å². The fraction of sp³-hybridized carbons (Fsp3) is 0.455. The summed E-state index contributed by atoms with van der Waals surface area (Å²) in [7, 11) is 0. The number of Topliss-reactive ketones (excluding diaryl/α,β-unsaturated/α-hetero) is 2. The molecule has 0 spiro atoms. The minimum absolute atomic E-state index is 0.262. The zero-order chi connectivity index (χ0) is 12.6. The Hall–Kier alpha value is -0.0200. The molecule has 6 heteroatoms. The normalized spacial score (nSPS) is 48.0. The van der Waals surface area contributed by atoms with Gasteiger partial charge in [0.25, 0.3) is 0 Å². The van der Waals surface area contributed by atoms with Crippen LogP contribution in [0.25, 0.3) is 0 Å². The molecule has 1 fully saturated rings. The molecule has 0 heterocycles. The topological polar surface area (TPSA) is 34.1 Å². The number of hydrogen-bond acceptors (Lipinski definition) is 2. The predicted molar refractivity (Wildman–Crippen MR) is 66.7 cm³/mol. The Kier molecular flexibility index (Phi) is 2.33. The van der Waals surface area contributed by atoms with Crippen LogP contribution < -0.4 is 0 Å². The molecule has 0 unspecified atom stereocenters. The van der Waals surface area contributed by atoms with Crippen molar-refractivity contribution in [3.05, 3.63) is 22.2 Å². The number of carbonyl (C=O) groups is 2. The van der Waals surface area contributed by atoms with Crippen molar-refractivity contribution in [2.24, 2.45) is 11.8 Å². The molecule has 3 aliphatic carbocycles. The molecule has 0 aromatic heterocycles. The van der Waals surface area contributed by atoms with Crippen molar-refractivity contribution < 1.29 is 9.59 Å². The Bertz CT molecular complexity index is 480. The lowest BCUT2D eigenvalue weighted by Crippen LogP contribution is -2.61. The summed E-state index contributed by atoms with van der Waals surface area (Å²) < 4.78 is 0. The highest BCUT2D eigenvalue weighted by Crippen LogP contribution is 2.64. The highest BCUT2D eigenvalue weighted by molar-refractivity contribution is 6.66. The largest absolute Gasteiger partial charge is 0.291 e. The van der Waals surface area contributed by atoms with Gasteiger partial charge in [-0.3, -0.25) is 9.59 Å². The van der Waals surface area contributed by atoms with Crippen LogP contribution in [0.3, 0.4) is 0 Å². The van der Waals surface area contributed by atoms with E-state index in [4.69, 9.17) is 46.4 Å². The third-order valence-corrected chi connectivity index (χ3v) is 6.30. The van der Waals surface area contributed by atoms with E-state index in [1.165, 1.54) is 0 Å². The number of halogens is 4. The van der Waals surface area contributed by atoms with E-state index >= 15 is 0 Å². The van der Waals surface area contributed by atoms with Crippen molar-refractivity contribution in [3.63, 3.8) is 0 Å². The molecule has 90 valence electrons. The minimum atomic E-state index is -1.49. The van der Waals surface area contributed by atoms with Crippen molar-refractivity contribution in [1.82, 2.24) is 0 Å². The summed E-state index contributed by atoms with van der Waals surface area (Å²) in [5, 5.41) is -0.604. The molecule has 0 aliphatic heterocycles. The van der Waals surface area contributed by atoms with Crippen LogP contribution in [0.4, 0.5) is 0 Å². The van der Waals surface area contributed by atoms with Gasteiger partial charge in [-0.25, -0.2) is 0 Å². The molecule has 0 aromatic carbocycles. The smallest absolute Gasteiger partial charge is 0.199 e. The maximum atomic E-state index is 12.2. The predicted octanol–water partition coefficient (Wildman–Crippen LogP) is 2.99. The first-order chi connectivity index (χ1) is 7.85. The van der Waals surface area contributed by atoms with Crippen molar-refractivity contribution in [3.8, 4) is 0 Å². The van der Waals surface area contributed by atoms with Gasteiger partial charge in [-0.2, -0.15) is 0 Å². The first kappa shape index (κ1) is 12.0. The molecule has 0 amide bonds. The molecule has 3 aliphatic rings. The van der Waals surface area contributed by atoms with E-state index in [1.807, 2.05) is 12.2 Å². The number of fused-ring (bicyclic) bond motifs is 5. The number of hydrogen-bond donors (Lipinski definition) is 0. The van der Waals surface area contributed by atoms with Gasteiger partial charge in [-0.1, -0.05) is 35.4 Å². The lowest BCUT2D eigenvalue weighted by Gasteiger charge is -2.43. The number of allylic oxidation sites excluding steroid dienone is 4. The van der Waals surface area contributed by atoms with Crippen LogP contribution in [0.15, 0.2) is 22.2 Å². The number of alkyl halides is 2. The molecule has 3 rings (SSSR count). The molecule has 4 atom stereocenters. The summed E-state index contributed by atoms with van der Waals surface area (Å²) in [4.78, 5) is 21.4. The molecule has 0 radical (unpaired) electrons. The van der Waals surface area contributed by atoms with E-state index in [0.717, 1.165) is 0 Å². The highest BCUT2D eigenvalue weighted by atomic mass is 35.5. The van der Waals surface area contributed by atoms with Crippen LogP contribution in [0.1, 0.15) is 6.42 Å². The van der Waals surface area contributed by atoms with Gasteiger partial charge >= 0.3 is 0 Å². The number of ketones is 2. The maximum absolute atomic E-state index is 12.2. The molecular formula is C11H6Cl4O2. The van der Waals surface area contributed by atoms with Gasteiger partial charge in [0.1, 0.15) is 19.8 Å². The van der Waals surface area contributed by atoms with Gasteiger partial charge in [-0.05, 0) is 6.42 Å². The fourth-order valence-corrected chi connectivity index (χ4v) is 4.55. The van der Waals surface area contributed by atoms with Crippen molar-refractivity contribution in [1.29, 1.82) is 0 Å². The average Bonchev–Trinajstić information content (AvgIpc) is 2.87. The second-order valence-corrected chi connectivity index (χ2v) is 6.49. The summed E-state index contributed by atoms with van der Waals surface area (Å²) >= 11 is 24.3. The lowest BCUT2D eigenvalue weighted by molar-refractivity contribution is -0.127. The fourth-order valence-electron chi connectivity index (χ4n) is 3.01. The van der Waals surface area contributed by atoms with Crippen LogP contribution in [0, 0.1) is 11.8 Å². The minimum Gasteiger partial charge on any atom is -0.291 e. The van der Waals surface area contributed by atoms with Gasteiger partial charge in [0.2, 0.25) is 0 Å². The molecule has 17 heavy (non-hydrogen) atoms. The van der Waals surface area contributed by atoms with Crippen LogP contribution in [0.5, 0.6) is 0 Å². The Balaban J connectivity index is 2.31. The molecular weight excluding hydrogens is 306 g/mol. The summed E-state index contributed by atoms with van der Waals surface area (Å²) in [5.41, 5.74) is 0. The number of carbonyl (C=O) groups excluding carboxylic acids is 2. The van der Waals surface area contributed by atoms with E-state index in [2.05, 4.69) is 0 Å². The SMILES string of the molecule is O=C1C(Cl)=C(Cl)C(=O)[C@]2(Cl)[C@@H]3C=C[C@H](C3)[C@@]12Cl. The van der Waals surface area contributed by atoms with Crippen LogP contribution >= 0.6 is 46.4 Å². The summed E-state index contributed by atoms with van der Waals surface area (Å²) in [5.74, 6) is -1.61. The lowest BCUT2D eigenvalue weighted by atomic mass is 9.73. The van der Waals surface area contributed by atoms with E-state index in [0.29, 0.717) is 6.42 Å². The quantitative estimate of drug-likeness (QED) is 0.509. The Morgan fingerprint density at radius 1 is 0.941 bits per heavy atom. The van der Waals surface area contributed by atoms with Gasteiger partial charge < -0.3 is 0 Å². The zero-order valence-corrected chi connectivity index (χ0v) is 11.4. The van der Waals surface area contributed by atoms with Crippen molar-refractivity contribution >= 4 is 58.0 Å². The Morgan fingerprint density at radius 3 is 1.65 bits per heavy atom. The van der Waals surface area contributed by atoms with E-state index in [-0.39, 0.29) is 21.9 Å². The van der Waals surface area contributed by atoms with Crippen molar-refractivity contribution in [2.75, 3.05) is 0 Å².